The molecule has 0 aromatic carbocycles. The van der Waals surface area contributed by atoms with Gasteiger partial charge in [-0.2, -0.15) is 4.98 Å². The standard InChI is InChI=1S/C14H19N3OS/c1-10-4-7-19-13(10)9-15-5-6-17-12(3)8-11(2)16-14(17)18/h4,7-8,15H,5-6,9H2,1-3H3. The van der Waals surface area contributed by atoms with Gasteiger partial charge in [-0.15, -0.1) is 11.3 Å². The van der Waals surface area contributed by atoms with Crippen molar-refractivity contribution in [3.05, 3.63) is 49.8 Å². The first-order valence-corrected chi connectivity index (χ1v) is 7.24. The van der Waals surface area contributed by atoms with Crippen LogP contribution in [0.5, 0.6) is 0 Å². The van der Waals surface area contributed by atoms with Crippen LogP contribution < -0.4 is 11.0 Å². The van der Waals surface area contributed by atoms with Crippen LogP contribution in [0.4, 0.5) is 0 Å². The molecule has 0 aliphatic carbocycles. The van der Waals surface area contributed by atoms with Crippen LogP contribution in [0.2, 0.25) is 0 Å². The molecule has 0 saturated heterocycles. The summed E-state index contributed by atoms with van der Waals surface area (Å²) >= 11 is 1.76. The summed E-state index contributed by atoms with van der Waals surface area (Å²) in [4.78, 5) is 17.1. The lowest BCUT2D eigenvalue weighted by molar-refractivity contribution is 0.565. The lowest BCUT2D eigenvalue weighted by Gasteiger charge is -2.10. The highest BCUT2D eigenvalue weighted by Gasteiger charge is 2.03. The topological polar surface area (TPSA) is 46.9 Å². The fourth-order valence-electron chi connectivity index (χ4n) is 2.02. The number of hydrogen-bond acceptors (Lipinski definition) is 4. The van der Waals surface area contributed by atoms with Crippen molar-refractivity contribution in [2.75, 3.05) is 6.54 Å². The highest BCUT2D eigenvalue weighted by Crippen LogP contribution is 2.14. The van der Waals surface area contributed by atoms with Gasteiger partial charge in [0.1, 0.15) is 0 Å². The fraction of sp³-hybridized carbons (Fsp3) is 0.429. The van der Waals surface area contributed by atoms with Gasteiger partial charge in [-0.1, -0.05) is 0 Å². The molecule has 1 N–H and O–H groups in total. The van der Waals surface area contributed by atoms with E-state index in [0.717, 1.165) is 24.5 Å². The van der Waals surface area contributed by atoms with Gasteiger partial charge in [0, 0.05) is 35.9 Å². The van der Waals surface area contributed by atoms with Gasteiger partial charge in [-0.3, -0.25) is 4.57 Å². The molecule has 0 unspecified atom stereocenters. The number of thiophene rings is 1. The van der Waals surface area contributed by atoms with E-state index in [1.807, 2.05) is 19.9 Å². The molecule has 2 aromatic heterocycles. The van der Waals surface area contributed by atoms with E-state index in [4.69, 9.17) is 0 Å². The first-order chi connectivity index (χ1) is 9.08. The molecular formula is C14H19N3OS. The molecule has 0 aliphatic rings. The van der Waals surface area contributed by atoms with Crippen molar-refractivity contribution in [3.63, 3.8) is 0 Å². The molecule has 0 amide bonds. The second-order valence-corrected chi connectivity index (χ2v) is 5.68. The lowest BCUT2D eigenvalue weighted by Crippen LogP contribution is -2.30. The minimum atomic E-state index is -0.161. The van der Waals surface area contributed by atoms with E-state index in [1.165, 1.54) is 10.4 Å². The van der Waals surface area contributed by atoms with E-state index in [2.05, 4.69) is 28.7 Å². The number of rotatable bonds is 5. The van der Waals surface area contributed by atoms with Crippen LogP contribution in [0.15, 0.2) is 22.3 Å². The van der Waals surface area contributed by atoms with E-state index in [9.17, 15) is 4.79 Å². The Labute approximate surface area is 117 Å². The van der Waals surface area contributed by atoms with Crippen LogP contribution in [-0.2, 0) is 13.1 Å². The van der Waals surface area contributed by atoms with Crippen LogP contribution in [0.1, 0.15) is 21.8 Å². The average molecular weight is 277 g/mol. The SMILES string of the molecule is Cc1cc(C)n(CCNCc2sccc2C)c(=O)n1. The van der Waals surface area contributed by atoms with E-state index in [-0.39, 0.29) is 5.69 Å². The normalized spacial score (nSPS) is 10.9. The van der Waals surface area contributed by atoms with Crippen molar-refractivity contribution in [2.24, 2.45) is 0 Å². The molecule has 0 saturated carbocycles. The van der Waals surface area contributed by atoms with Crippen molar-refractivity contribution in [3.8, 4) is 0 Å². The molecule has 19 heavy (non-hydrogen) atoms. The van der Waals surface area contributed by atoms with Crippen molar-refractivity contribution < 1.29 is 0 Å². The Hall–Kier alpha value is -1.46. The lowest BCUT2D eigenvalue weighted by atomic mass is 10.3. The molecule has 5 heteroatoms. The zero-order chi connectivity index (χ0) is 13.8. The summed E-state index contributed by atoms with van der Waals surface area (Å²) in [5.41, 5.74) is 2.90. The van der Waals surface area contributed by atoms with Gasteiger partial charge < -0.3 is 5.32 Å². The Bertz CT molecular complexity index is 615. The van der Waals surface area contributed by atoms with Gasteiger partial charge in [0.15, 0.2) is 0 Å². The Morgan fingerprint density at radius 2 is 2.16 bits per heavy atom. The quantitative estimate of drug-likeness (QED) is 0.851. The smallest absolute Gasteiger partial charge is 0.310 e. The summed E-state index contributed by atoms with van der Waals surface area (Å²) < 4.78 is 1.71. The van der Waals surface area contributed by atoms with Crippen molar-refractivity contribution in [1.82, 2.24) is 14.9 Å². The van der Waals surface area contributed by atoms with Gasteiger partial charge in [0.25, 0.3) is 0 Å². The maximum atomic E-state index is 11.8. The number of nitrogens with zero attached hydrogens (tertiary/aromatic N) is 2. The highest BCUT2D eigenvalue weighted by atomic mass is 32.1. The Balaban J connectivity index is 1.90. The van der Waals surface area contributed by atoms with E-state index < -0.39 is 0 Å². The third-order valence-electron chi connectivity index (χ3n) is 3.11. The average Bonchev–Trinajstić information content (AvgIpc) is 2.73. The summed E-state index contributed by atoms with van der Waals surface area (Å²) in [6.45, 7) is 8.18. The van der Waals surface area contributed by atoms with Crippen molar-refractivity contribution in [2.45, 2.75) is 33.9 Å². The third-order valence-corrected chi connectivity index (χ3v) is 4.14. The zero-order valence-corrected chi connectivity index (χ0v) is 12.4. The minimum Gasteiger partial charge on any atom is -0.310 e. The van der Waals surface area contributed by atoms with Gasteiger partial charge in [0.05, 0.1) is 0 Å². The molecule has 2 aromatic rings. The Kier molecular flexibility index (Phi) is 4.50. The molecule has 0 radical (unpaired) electrons. The fourth-order valence-corrected chi connectivity index (χ4v) is 2.90. The Morgan fingerprint density at radius 3 is 2.79 bits per heavy atom. The van der Waals surface area contributed by atoms with E-state index >= 15 is 0 Å². The van der Waals surface area contributed by atoms with Crippen LogP contribution in [-0.4, -0.2) is 16.1 Å². The minimum absolute atomic E-state index is 0.161. The summed E-state index contributed by atoms with van der Waals surface area (Å²) in [5, 5.41) is 5.47. The molecular weight excluding hydrogens is 258 g/mol. The monoisotopic (exact) mass is 277 g/mol. The first kappa shape index (κ1) is 14.0. The number of aromatic nitrogens is 2. The van der Waals surface area contributed by atoms with Gasteiger partial charge in [-0.25, -0.2) is 4.79 Å². The van der Waals surface area contributed by atoms with E-state index in [1.54, 1.807) is 15.9 Å². The van der Waals surface area contributed by atoms with Gasteiger partial charge >= 0.3 is 5.69 Å². The molecule has 0 bridgehead atoms. The van der Waals surface area contributed by atoms with Crippen LogP contribution in [0.25, 0.3) is 0 Å². The van der Waals surface area contributed by atoms with E-state index in [0.29, 0.717) is 6.54 Å². The molecule has 0 fully saturated rings. The molecule has 4 nitrogen and oxygen atoms in total. The van der Waals surface area contributed by atoms with Crippen LogP contribution >= 0.6 is 11.3 Å². The predicted octanol–water partition coefficient (Wildman–Crippen LogP) is 2.02. The number of aryl methyl sites for hydroxylation is 3. The van der Waals surface area contributed by atoms with Crippen LogP contribution in [0.3, 0.4) is 0 Å². The second kappa shape index (κ2) is 6.12. The molecule has 0 spiro atoms. The molecule has 2 heterocycles. The third kappa shape index (κ3) is 3.52. The Morgan fingerprint density at radius 1 is 1.37 bits per heavy atom. The molecule has 2 rings (SSSR count). The van der Waals surface area contributed by atoms with Crippen LogP contribution in [0, 0.1) is 20.8 Å². The van der Waals surface area contributed by atoms with Crippen molar-refractivity contribution >= 4 is 11.3 Å². The maximum absolute atomic E-state index is 11.8. The number of hydrogen-bond donors (Lipinski definition) is 1. The molecule has 0 atom stereocenters. The molecule has 102 valence electrons. The summed E-state index contributed by atoms with van der Waals surface area (Å²) in [5.74, 6) is 0. The maximum Gasteiger partial charge on any atom is 0.347 e. The predicted molar refractivity (Wildman–Crippen MR) is 78.7 cm³/mol. The summed E-state index contributed by atoms with van der Waals surface area (Å²) in [7, 11) is 0. The first-order valence-electron chi connectivity index (χ1n) is 6.36. The van der Waals surface area contributed by atoms with Gasteiger partial charge in [-0.05, 0) is 43.8 Å². The molecule has 0 aliphatic heterocycles. The second-order valence-electron chi connectivity index (χ2n) is 4.68. The summed E-state index contributed by atoms with van der Waals surface area (Å²) in [6, 6.07) is 4.06. The van der Waals surface area contributed by atoms with Crippen molar-refractivity contribution in [1.29, 1.82) is 0 Å². The number of nitrogens with one attached hydrogen (secondary N) is 1. The van der Waals surface area contributed by atoms with Gasteiger partial charge in [0.2, 0.25) is 0 Å². The largest absolute Gasteiger partial charge is 0.347 e. The summed E-state index contributed by atoms with van der Waals surface area (Å²) in [6.07, 6.45) is 0. The zero-order valence-electron chi connectivity index (χ0n) is 11.6. The highest BCUT2D eigenvalue weighted by molar-refractivity contribution is 7.10.